The van der Waals surface area contributed by atoms with Crippen LogP contribution in [0.1, 0.15) is 53.4 Å². The van der Waals surface area contributed by atoms with Crippen molar-refractivity contribution in [3.05, 3.63) is 0 Å². The number of hydrogen-bond acceptors (Lipinski definition) is 2. The highest BCUT2D eigenvalue weighted by atomic mass is 14.7. The van der Waals surface area contributed by atoms with E-state index < -0.39 is 0 Å². The Morgan fingerprint density at radius 3 is 1.17 bits per heavy atom. The molecule has 12 heavy (non-hydrogen) atoms. The Morgan fingerprint density at radius 1 is 0.750 bits per heavy atom. The van der Waals surface area contributed by atoms with Crippen LogP contribution in [0.15, 0.2) is 0 Å². The lowest BCUT2D eigenvalue weighted by atomic mass is 9.93. The normalized spacial score (nSPS) is 13.5. The Balaban J connectivity index is 3.35. The van der Waals surface area contributed by atoms with Crippen LogP contribution >= 0.6 is 0 Å². The van der Waals surface area contributed by atoms with Gasteiger partial charge in [0.15, 0.2) is 0 Å². The zero-order valence-corrected chi connectivity index (χ0v) is 8.98. The van der Waals surface area contributed by atoms with Gasteiger partial charge >= 0.3 is 0 Å². The monoisotopic (exact) mass is 172 g/mol. The van der Waals surface area contributed by atoms with E-state index in [9.17, 15) is 0 Å². The van der Waals surface area contributed by atoms with Crippen LogP contribution in [0.25, 0.3) is 0 Å². The summed E-state index contributed by atoms with van der Waals surface area (Å²) in [6, 6.07) is 0. The molecule has 0 aliphatic carbocycles. The van der Waals surface area contributed by atoms with Crippen LogP contribution in [0.2, 0.25) is 0 Å². The second kappa shape index (κ2) is 4.24. The van der Waals surface area contributed by atoms with Gasteiger partial charge in [-0.05, 0) is 40.5 Å². The fourth-order valence-corrected chi connectivity index (χ4v) is 1.16. The molecule has 0 aromatic rings. The van der Waals surface area contributed by atoms with Crippen molar-refractivity contribution in [2.75, 3.05) is 0 Å². The molecule has 2 heteroatoms. The third-order valence-corrected chi connectivity index (χ3v) is 1.89. The van der Waals surface area contributed by atoms with E-state index in [1.54, 1.807) is 0 Å². The molecule has 0 aliphatic heterocycles. The molecule has 0 saturated heterocycles. The third-order valence-electron chi connectivity index (χ3n) is 1.89. The van der Waals surface area contributed by atoms with E-state index in [2.05, 4.69) is 27.7 Å². The fourth-order valence-electron chi connectivity index (χ4n) is 1.16. The first-order valence-electron chi connectivity index (χ1n) is 4.78. The van der Waals surface area contributed by atoms with E-state index >= 15 is 0 Å². The molecule has 4 N–H and O–H groups in total. The smallest absolute Gasteiger partial charge is 0.00970 e. The highest BCUT2D eigenvalue weighted by Crippen LogP contribution is 2.14. The van der Waals surface area contributed by atoms with Crippen LogP contribution < -0.4 is 11.5 Å². The molecule has 0 aromatic heterocycles. The highest BCUT2D eigenvalue weighted by Gasteiger charge is 2.12. The van der Waals surface area contributed by atoms with E-state index in [1.165, 1.54) is 12.8 Å². The first-order chi connectivity index (χ1) is 5.21. The molecular weight excluding hydrogens is 148 g/mol. The lowest BCUT2D eigenvalue weighted by Gasteiger charge is -2.21. The molecule has 0 atom stereocenters. The molecule has 0 amide bonds. The lowest BCUT2D eigenvalue weighted by Crippen LogP contribution is -2.33. The second-order valence-electron chi connectivity index (χ2n) is 5.18. The summed E-state index contributed by atoms with van der Waals surface area (Å²) in [6.07, 6.45) is 4.54. The molecule has 0 unspecified atom stereocenters. The predicted molar refractivity (Wildman–Crippen MR) is 55.0 cm³/mol. The minimum Gasteiger partial charge on any atom is -0.326 e. The zero-order valence-electron chi connectivity index (χ0n) is 8.98. The summed E-state index contributed by atoms with van der Waals surface area (Å²) >= 11 is 0. The molecule has 0 spiro atoms. The zero-order chi connectivity index (χ0) is 9.83. The largest absolute Gasteiger partial charge is 0.326 e. The fraction of sp³-hybridized carbons (Fsp3) is 1.00. The summed E-state index contributed by atoms with van der Waals surface area (Å²) in [5.41, 5.74) is 11.7. The van der Waals surface area contributed by atoms with Crippen LogP contribution in [0.3, 0.4) is 0 Å². The first kappa shape index (κ1) is 11.9. The molecule has 0 bridgehead atoms. The van der Waals surface area contributed by atoms with Gasteiger partial charge in [-0.25, -0.2) is 0 Å². The summed E-state index contributed by atoms with van der Waals surface area (Å²) in [7, 11) is 0. The van der Waals surface area contributed by atoms with Crippen LogP contribution in [-0.4, -0.2) is 11.1 Å². The van der Waals surface area contributed by atoms with Crippen molar-refractivity contribution in [3.8, 4) is 0 Å². The Kier molecular flexibility index (Phi) is 4.21. The van der Waals surface area contributed by atoms with Crippen molar-refractivity contribution < 1.29 is 0 Å². The summed E-state index contributed by atoms with van der Waals surface area (Å²) in [6.45, 7) is 8.28. The van der Waals surface area contributed by atoms with Gasteiger partial charge in [0.1, 0.15) is 0 Å². The maximum Gasteiger partial charge on any atom is 0.00970 e. The van der Waals surface area contributed by atoms with Gasteiger partial charge in [0.2, 0.25) is 0 Å². The molecule has 0 fully saturated rings. The van der Waals surface area contributed by atoms with Crippen molar-refractivity contribution in [2.45, 2.75) is 64.5 Å². The Bertz CT molecular complexity index is 101. The summed E-state index contributed by atoms with van der Waals surface area (Å²) < 4.78 is 0. The second-order valence-corrected chi connectivity index (χ2v) is 5.18. The third kappa shape index (κ3) is 9.92. The van der Waals surface area contributed by atoms with Crippen molar-refractivity contribution in [2.24, 2.45) is 11.5 Å². The minimum atomic E-state index is -0.0151. The number of hydrogen-bond donors (Lipinski definition) is 2. The molecule has 0 heterocycles. The summed E-state index contributed by atoms with van der Waals surface area (Å²) in [5.74, 6) is 0. The van der Waals surface area contributed by atoms with Gasteiger partial charge in [0.25, 0.3) is 0 Å². The lowest BCUT2D eigenvalue weighted by molar-refractivity contribution is 0.403. The molecule has 0 rings (SSSR count). The van der Waals surface area contributed by atoms with Crippen LogP contribution in [0.4, 0.5) is 0 Å². The Morgan fingerprint density at radius 2 is 1.00 bits per heavy atom. The standard InChI is InChI=1S/C10H24N2/c1-9(2,11)7-5-6-8-10(3,4)12/h5-8,11-12H2,1-4H3. The van der Waals surface area contributed by atoms with E-state index in [4.69, 9.17) is 11.5 Å². The Hall–Kier alpha value is -0.0800. The van der Waals surface area contributed by atoms with Gasteiger partial charge in [-0.3, -0.25) is 0 Å². The molecule has 0 radical (unpaired) electrons. The topological polar surface area (TPSA) is 52.0 Å². The molecule has 0 aliphatic rings. The van der Waals surface area contributed by atoms with Gasteiger partial charge in [-0.15, -0.1) is 0 Å². The van der Waals surface area contributed by atoms with Crippen molar-refractivity contribution in [1.29, 1.82) is 0 Å². The number of nitrogens with two attached hydrogens (primary N) is 2. The number of rotatable bonds is 5. The van der Waals surface area contributed by atoms with Gasteiger partial charge in [0.05, 0.1) is 0 Å². The molecule has 74 valence electrons. The molecular formula is C10H24N2. The van der Waals surface area contributed by atoms with Crippen LogP contribution in [0.5, 0.6) is 0 Å². The Labute approximate surface area is 76.7 Å². The van der Waals surface area contributed by atoms with E-state index in [-0.39, 0.29) is 11.1 Å². The quantitative estimate of drug-likeness (QED) is 0.623. The predicted octanol–water partition coefficient (Wildman–Crippen LogP) is 2.02. The SMILES string of the molecule is CC(C)(N)CCCCC(C)(C)N. The van der Waals surface area contributed by atoms with Crippen LogP contribution in [-0.2, 0) is 0 Å². The summed E-state index contributed by atoms with van der Waals surface area (Å²) in [5, 5.41) is 0. The van der Waals surface area contributed by atoms with Crippen molar-refractivity contribution in [3.63, 3.8) is 0 Å². The first-order valence-corrected chi connectivity index (χ1v) is 4.78. The average molecular weight is 172 g/mol. The van der Waals surface area contributed by atoms with Gasteiger partial charge < -0.3 is 11.5 Å². The average Bonchev–Trinajstić information content (AvgIpc) is 1.76. The van der Waals surface area contributed by atoms with E-state index in [0.717, 1.165) is 12.8 Å². The van der Waals surface area contributed by atoms with Crippen molar-refractivity contribution >= 4 is 0 Å². The van der Waals surface area contributed by atoms with Crippen molar-refractivity contribution in [1.82, 2.24) is 0 Å². The molecule has 0 saturated carbocycles. The highest BCUT2D eigenvalue weighted by molar-refractivity contribution is 4.74. The maximum absolute atomic E-state index is 5.85. The van der Waals surface area contributed by atoms with Crippen LogP contribution in [0, 0.1) is 0 Å². The minimum absolute atomic E-state index is 0.0151. The maximum atomic E-state index is 5.85. The van der Waals surface area contributed by atoms with Gasteiger partial charge in [0, 0.05) is 11.1 Å². The van der Waals surface area contributed by atoms with E-state index in [1.807, 2.05) is 0 Å². The van der Waals surface area contributed by atoms with Gasteiger partial charge in [-0.2, -0.15) is 0 Å². The molecule has 0 aromatic carbocycles. The summed E-state index contributed by atoms with van der Waals surface area (Å²) in [4.78, 5) is 0. The molecule has 2 nitrogen and oxygen atoms in total. The van der Waals surface area contributed by atoms with Gasteiger partial charge in [-0.1, -0.05) is 12.8 Å². The van der Waals surface area contributed by atoms with E-state index in [0.29, 0.717) is 0 Å². The number of unbranched alkanes of at least 4 members (excludes halogenated alkanes) is 1.